The largest absolute Gasteiger partial charge is 0.314 e. The lowest BCUT2D eigenvalue weighted by molar-refractivity contribution is 0.0586. The number of hydrogen-bond donors (Lipinski definition) is 1. The van der Waals surface area contributed by atoms with Gasteiger partial charge in [0.05, 0.1) is 0 Å². The standard InChI is InChI=1S/C17H33N3/c1-15-13-20-11-5-9-17(20)14-19(15)12-6-10-18-16-7-3-2-4-8-16/h15-18H,2-14H2,1H3. The fraction of sp³-hybridized carbons (Fsp3) is 1.00. The van der Waals surface area contributed by atoms with Crippen molar-refractivity contribution in [3.63, 3.8) is 0 Å². The molecule has 0 bridgehead atoms. The number of piperazine rings is 1. The van der Waals surface area contributed by atoms with Gasteiger partial charge in [-0.15, -0.1) is 0 Å². The number of fused-ring (bicyclic) bond motifs is 1. The van der Waals surface area contributed by atoms with Crippen LogP contribution in [0.5, 0.6) is 0 Å². The van der Waals surface area contributed by atoms with Crippen LogP contribution >= 0.6 is 0 Å². The SMILES string of the molecule is CC1CN2CCCC2CN1CCCNC1CCCCC1. The summed E-state index contributed by atoms with van der Waals surface area (Å²) in [7, 11) is 0. The van der Waals surface area contributed by atoms with Crippen LogP contribution in [0.1, 0.15) is 58.3 Å². The summed E-state index contributed by atoms with van der Waals surface area (Å²) in [5, 5.41) is 3.79. The molecular weight excluding hydrogens is 246 g/mol. The Kier molecular flexibility index (Phi) is 5.36. The van der Waals surface area contributed by atoms with Crippen LogP contribution in [0.4, 0.5) is 0 Å². The first kappa shape index (κ1) is 14.8. The molecule has 3 nitrogen and oxygen atoms in total. The highest BCUT2D eigenvalue weighted by Gasteiger charge is 2.33. The Bertz CT molecular complexity index is 288. The van der Waals surface area contributed by atoms with Gasteiger partial charge < -0.3 is 5.32 Å². The van der Waals surface area contributed by atoms with Gasteiger partial charge in [0.1, 0.15) is 0 Å². The van der Waals surface area contributed by atoms with Crippen molar-refractivity contribution in [3.05, 3.63) is 0 Å². The Balaban J connectivity index is 1.33. The maximum absolute atomic E-state index is 3.79. The van der Waals surface area contributed by atoms with E-state index in [9.17, 15) is 0 Å². The normalized spacial score (nSPS) is 33.5. The Hall–Kier alpha value is -0.120. The summed E-state index contributed by atoms with van der Waals surface area (Å²) < 4.78 is 0. The second-order valence-electron chi connectivity index (χ2n) is 7.28. The van der Waals surface area contributed by atoms with Crippen molar-refractivity contribution in [2.24, 2.45) is 0 Å². The summed E-state index contributed by atoms with van der Waals surface area (Å²) in [4.78, 5) is 5.47. The van der Waals surface area contributed by atoms with Crippen molar-refractivity contribution in [2.45, 2.75) is 76.4 Å². The third kappa shape index (κ3) is 3.75. The molecule has 2 unspecified atom stereocenters. The van der Waals surface area contributed by atoms with Crippen molar-refractivity contribution in [1.82, 2.24) is 15.1 Å². The molecule has 1 aliphatic carbocycles. The lowest BCUT2D eigenvalue weighted by Gasteiger charge is -2.42. The minimum absolute atomic E-state index is 0.763. The zero-order valence-corrected chi connectivity index (χ0v) is 13.3. The first-order chi connectivity index (χ1) is 9.83. The molecule has 0 spiro atoms. The Labute approximate surface area is 125 Å². The van der Waals surface area contributed by atoms with Crippen LogP contribution in [0.25, 0.3) is 0 Å². The van der Waals surface area contributed by atoms with Gasteiger partial charge in [0.25, 0.3) is 0 Å². The summed E-state index contributed by atoms with van der Waals surface area (Å²) in [6.07, 6.45) is 11.4. The van der Waals surface area contributed by atoms with Crippen molar-refractivity contribution < 1.29 is 0 Å². The third-order valence-corrected chi connectivity index (χ3v) is 5.73. The van der Waals surface area contributed by atoms with Gasteiger partial charge in [0.2, 0.25) is 0 Å². The summed E-state index contributed by atoms with van der Waals surface area (Å²) in [6.45, 7) is 8.92. The van der Waals surface area contributed by atoms with E-state index in [2.05, 4.69) is 22.0 Å². The van der Waals surface area contributed by atoms with Gasteiger partial charge in [-0.25, -0.2) is 0 Å². The molecule has 3 fully saturated rings. The highest BCUT2D eigenvalue weighted by Crippen LogP contribution is 2.24. The van der Waals surface area contributed by atoms with E-state index in [0.29, 0.717) is 0 Å². The molecule has 3 heteroatoms. The van der Waals surface area contributed by atoms with Gasteiger partial charge in [0.15, 0.2) is 0 Å². The molecule has 116 valence electrons. The van der Waals surface area contributed by atoms with Gasteiger partial charge in [0, 0.05) is 31.2 Å². The maximum atomic E-state index is 3.79. The van der Waals surface area contributed by atoms with Crippen LogP contribution in [-0.4, -0.2) is 60.6 Å². The van der Waals surface area contributed by atoms with Crippen LogP contribution < -0.4 is 5.32 Å². The van der Waals surface area contributed by atoms with Crippen molar-refractivity contribution >= 4 is 0 Å². The van der Waals surface area contributed by atoms with E-state index in [1.165, 1.54) is 84.1 Å². The van der Waals surface area contributed by atoms with Crippen molar-refractivity contribution in [2.75, 3.05) is 32.7 Å². The van der Waals surface area contributed by atoms with E-state index in [-0.39, 0.29) is 0 Å². The second kappa shape index (κ2) is 7.24. The molecule has 2 aliphatic heterocycles. The molecule has 0 amide bonds. The monoisotopic (exact) mass is 279 g/mol. The molecule has 0 aromatic heterocycles. The number of nitrogens with zero attached hydrogens (tertiary/aromatic N) is 2. The lowest BCUT2D eigenvalue weighted by Crippen LogP contribution is -2.55. The zero-order valence-electron chi connectivity index (χ0n) is 13.3. The first-order valence-corrected chi connectivity index (χ1v) is 9.04. The van der Waals surface area contributed by atoms with Gasteiger partial charge in [-0.3, -0.25) is 9.80 Å². The number of rotatable bonds is 5. The molecule has 0 radical (unpaired) electrons. The summed E-state index contributed by atoms with van der Waals surface area (Å²) in [5.41, 5.74) is 0. The van der Waals surface area contributed by atoms with Crippen LogP contribution in [0.3, 0.4) is 0 Å². The summed E-state index contributed by atoms with van der Waals surface area (Å²) in [5.74, 6) is 0. The summed E-state index contributed by atoms with van der Waals surface area (Å²) >= 11 is 0. The van der Waals surface area contributed by atoms with Crippen LogP contribution in [0.15, 0.2) is 0 Å². The lowest BCUT2D eigenvalue weighted by atomic mass is 9.95. The molecule has 3 rings (SSSR count). The van der Waals surface area contributed by atoms with Gasteiger partial charge in [-0.05, 0) is 58.7 Å². The first-order valence-electron chi connectivity index (χ1n) is 9.04. The molecular formula is C17H33N3. The number of hydrogen-bond acceptors (Lipinski definition) is 3. The Morgan fingerprint density at radius 1 is 1.00 bits per heavy atom. The van der Waals surface area contributed by atoms with E-state index >= 15 is 0 Å². The average molecular weight is 279 g/mol. The predicted molar refractivity (Wildman–Crippen MR) is 85.1 cm³/mol. The quantitative estimate of drug-likeness (QED) is 0.780. The Morgan fingerprint density at radius 3 is 2.70 bits per heavy atom. The molecule has 2 atom stereocenters. The van der Waals surface area contributed by atoms with E-state index < -0.39 is 0 Å². The molecule has 2 saturated heterocycles. The van der Waals surface area contributed by atoms with E-state index in [4.69, 9.17) is 0 Å². The zero-order chi connectivity index (χ0) is 13.8. The maximum Gasteiger partial charge on any atom is 0.0224 e. The summed E-state index contributed by atoms with van der Waals surface area (Å²) in [6, 6.07) is 2.46. The second-order valence-corrected chi connectivity index (χ2v) is 7.28. The molecule has 1 saturated carbocycles. The van der Waals surface area contributed by atoms with E-state index in [1.54, 1.807) is 0 Å². The molecule has 2 heterocycles. The number of nitrogens with one attached hydrogen (secondary N) is 1. The Morgan fingerprint density at radius 2 is 1.85 bits per heavy atom. The predicted octanol–water partition coefficient (Wildman–Crippen LogP) is 2.47. The molecule has 1 N–H and O–H groups in total. The van der Waals surface area contributed by atoms with Crippen molar-refractivity contribution in [1.29, 1.82) is 0 Å². The van der Waals surface area contributed by atoms with Crippen LogP contribution in [0.2, 0.25) is 0 Å². The molecule has 20 heavy (non-hydrogen) atoms. The minimum atomic E-state index is 0.763. The fourth-order valence-corrected chi connectivity index (χ4v) is 4.45. The smallest absolute Gasteiger partial charge is 0.0224 e. The highest BCUT2D eigenvalue weighted by atomic mass is 15.3. The van der Waals surface area contributed by atoms with E-state index in [1.807, 2.05) is 0 Å². The van der Waals surface area contributed by atoms with Gasteiger partial charge >= 0.3 is 0 Å². The minimum Gasteiger partial charge on any atom is -0.314 e. The van der Waals surface area contributed by atoms with Gasteiger partial charge in [-0.2, -0.15) is 0 Å². The molecule has 0 aromatic rings. The molecule has 0 aromatic carbocycles. The van der Waals surface area contributed by atoms with E-state index in [0.717, 1.165) is 18.1 Å². The third-order valence-electron chi connectivity index (χ3n) is 5.73. The topological polar surface area (TPSA) is 18.5 Å². The van der Waals surface area contributed by atoms with Gasteiger partial charge in [-0.1, -0.05) is 19.3 Å². The average Bonchev–Trinajstić information content (AvgIpc) is 2.91. The fourth-order valence-electron chi connectivity index (χ4n) is 4.45. The molecule has 3 aliphatic rings. The van der Waals surface area contributed by atoms with Crippen LogP contribution in [0, 0.1) is 0 Å². The van der Waals surface area contributed by atoms with Crippen LogP contribution in [-0.2, 0) is 0 Å². The highest BCUT2D eigenvalue weighted by molar-refractivity contribution is 4.90. The van der Waals surface area contributed by atoms with Crippen molar-refractivity contribution in [3.8, 4) is 0 Å².